The van der Waals surface area contributed by atoms with E-state index in [2.05, 4.69) is 27.0 Å². The first-order valence-electron chi connectivity index (χ1n) is 12.1. The van der Waals surface area contributed by atoms with Crippen LogP contribution in [0.3, 0.4) is 0 Å². The van der Waals surface area contributed by atoms with E-state index in [0.717, 1.165) is 25.7 Å². The minimum absolute atomic E-state index is 0.130. The number of hydrogen-bond donors (Lipinski definition) is 2. The Bertz CT molecular complexity index is 619. The van der Waals surface area contributed by atoms with E-state index in [-0.39, 0.29) is 35.2 Å². The van der Waals surface area contributed by atoms with Gasteiger partial charge in [0.15, 0.2) is 0 Å². The normalized spacial score (nSPS) is 29.6. The first kappa shape index (κ1) is 28.3. The Labute approximate surface area is 195 Å². The van der Waals surface area contributed by atoms with Crippen molar-refractivity contribution in [3.8, 4) is 0 Å². The zero-order chi connectivity index (χ0) is 24.3. The van der Waals surface area contributed by atoms with E-state index in [1.165, 1.54) is 0 Å². The molecule has 0 saturated heterocycles. The third-order valence-corrected chi connectivity index (χ3v) is 7.12. The predicted molar refractivity (Wildman–Crippen MR) is 132 cm³/mol. The summed E-state index contributed by atoms with van der Waals surface area (Å²) >= 11 is 0. The number of rotatable bonds is 10. The van der Waals surface area contributed by atoms with Gasteiger partial charge in [-0.3, -0.25) is 9.59 Å². The number of carbonyl (C=O) groups excluding carboxylic acids is 2. The van der Waals surface area contributed by atoms with E-state index in [0.29, 0.717) is 24.7 Å². The summed E-state index contributed by atoms with van der Waals surface area (Å²) in [5, 5.41) is 20.4. The van der Waals surface area contributed by atoms with Crippen LogP contribution in [0, 0.1) is 35.5 Å². The van der Waals surface area contributed by atoms with Crippen LogP contribution in [0.15, 0.2) is 49.6 Å². The van der Waals surface area contributed by atoms with Crippen LogP contribution in [0.1, 0.15) is 66.2 Å². The van der Waals surface area contributed by atoms with E-state index in [4.69, 9.17) is 0 Å². The van der Waals surface area contributed by atoms with Gasteiger partial charge in [-0.05, 0) is 49.4 Å². The van der Waals surface area contributed by atoms with Crippen LogP contribution >= 0.6 is 0 Å². The van der Waals surface area contributed by atoms with Crippen LogP contribution in [0.4, 0.5) is 0 Å². The van der Waals surface area contributed by atoms with Gasteiger partial charge in [0.25, 0.3) is 0 Å². The van der Waals surface area contributed by atoms with Crippen molar-refractivity contribution >= 4 is 11.6 Å². The molecule has 2 fully saturated rings. The fourth-order valence-electron chi connectivity index (χ4n) is 4.89. The molecule has 0 aliphatic heterocycles. The molecule has 2 aliphatic carbocycles. The van der Waals surface area contributed by atoms with E-state index < -0.39 is 12.2 Å². The number of allylic oxidation sites excluding steroid dienone is 6. The number of ketones is 2. The van der Waals surface area contributed by atoms with E-state index in [1.54, 1.807) is 12.2 Å². The van der Waals surface area contributed by atoms with Gasteiger partial charge in [-0.25, -0.2) is 0 Å². The van der Waals surface area contributed by atoms with Gasteiger partial charge in [-0.15, -0.1) is 0 Å². The van der Waals surface area contributed by atoms with Crippen molar-refractivity contribution in [3.63, 3.8) is 0 Å². The Morgan fingerprint density at radius 3 is 1.41 bits per heavy atom. The van der Waals surface area contributed by atoms with Gasteiger partial charge in [0.1, 0.15) is 11.6 Å². The lowest BCUT2D eigenvalue weighted by Gasteiger charge is -2.25. The summed E-state index contributed by atoms with van der Waals surface area (Å²) < 4.78 is 0. The highest BCUT2D eigenvalue weighted by Crippen LogP contribution is 2.35. The molecule has 0 amide bonds. The molecule has 180 valence electrons. The first-order valence-corrected chi connectivity index (χ1v) is 12.1. The molecule has 0 aromatic heterocycles. The average Bonchev–Trinajstić information content (AvgIpc) is 3.27. The first-order chi connectivity index (χ1) is 15.1. The summed E-state index contributed by atoms with van der Waals surface area (Å²) in [6.45, 7) is 15.3. The monoisotopic (exact) mass is 444 g/mol. The Morgan fingerprint density at radius 1 is 0.812 bits per heavy atom. The molecule has 0 heterocycles. The van der Waals surface area contributed by atoms with Crippen LogP contribution in [-0.2, 0) is 9.59 Å². The zero-order valence-corrected chi connectivity index (χ0v) is 20.5. The van der Waals surface area contributed by atoms with Crippen LogP contribution in [0.5, 0.6) is 0 Å². The lowest BCUT2D eigenvalue weighted by molar-refractivity contribution is -0.126. The Hall–Kier alpha value is -1.78. The maximum absolute atomic E-state index is 11.7. The average molecular weight is 445 g/mol. The molecule has 2 N–H and O–H groups in total. The van der Waals surface area contributed by atoms with Crippen molar-refractivity contribution in [2.75, 3.05) is 0 Å². The van der Waals surface area contributed by atoms with Gasteiger partial charge in [0.05, 0.1) is 12.2 Å². The van der Waals surface area contributed by atoms with Crippen molar-refractivity contribution in [2.45, 2.75) is 78.4 Å². The molecule has 0 bridgehead atoms. The van der Waals surface area contributed by atoms with Gasteiger partial charge < -0.3 is 10.2 Å². The molecule has 0 aromatic rings. The third kappa shape index (κ3) is 8.29. The minimum Gasteiger partial charge on any atom is -0.392 e. The smallest absolute Gasteiger partial charge is 0.138 e. The number of carbonyl (C=O) groups is 2. The summed E-state index contributed by atoms with van der Waals surface area (Å²) in [5.74, 6) is 1.09. The fraction of sp³-hybridized carbons (Fsp3) is 0.643. The van der Waals surface area contributed by atoms with Crippen LogP contribution in [0.25, 0.3) is 0 Å². The molecule has 8 unspecified atom stereocenters. The molecule has 4 heteroatoms. The fourth-order valence-corrected chi connectivity index (χ4v) is 4.89. The molecule has 0 spiro atoms. The topological polar surface area (TPSA) is 74.6 Å². The summed E-state index contributed by atoms with van der Waals surface area (Å²) in [5.41, 5.74) is 0. The van der Waals surface area contributed by atoms with Crippen LogP contribution in [0.2, 0.25) is 0 Å². The van der Waals surface area contributed by atoms with E-state index in [9.17, 15) is 19.8 Å². The van der Waals surface area contributed by atoms with Gasteiger partial charge >= 0.3 is 0 Å². The van der Waals surface area contributed by atoms with Crippen molar-refractivity contribution in [2.24, 2.45) is 35.5 Å². The van der Waals surface area contributed by atoms with Crippen molar-refractivity contribution in [3.05, 3.63) is 49.6 Å². The highest BCUT2D eigenvalue weighted by atomic mass is 16.3. The third-order valence-electron chi connectivity index (χ3n) is 7.12. The van der Waals surface area contributed by atoms with Gasteiger partial charge in [0.2, 0.25) is 0 Å². The molecular weight excluding hydrogens is 400 g/mol. The van der Waals surface area contributed by atoms with Crippen molar-refractivity contribution in [1.29, 1.82) is 0 Å². The van der Waals surface area contributed by atoms with Crippen LogP contribution < -0.4 is 0 Å². The molecule has 2 saturated carbocycles. The second-order valence-corrected chi connectivity index (χ2v) is 9.75. The largest absolute Gasteiger partial charge is 0.392 e. The quantitative estimate of drug-likeness (QED) is 0.439. The maximum Gasteiger partial charge on any atom is 0.138 e. The van der Waals surface area contributed by atoms with Gasteiger partial charge in [-0.1, -0.05) is 77.3 Å². The lowest BCUT2D eigenvalue weighted by atomic mass is 9.83. The number of Topliss-reactive ketones (excluding diaryl/α,β-unsaturated/α-hetero) is 2. The summed E-state index contributed by atoms with van der Waals surface area (Å²) in [7, 11) is 0. The lowest BCUT2D eigenvalue weighted by Crippen LogP contribution is -2.33. The summed E-state index contributed by atoms with van der Waals surface area (Å²) in [4.78, 5) is 23.3. The highest BCUT2D eigenvalue weighted by molar-refractivity contribution is 5.84. The maximum atomic E-state index is 11.7. The SMILES string of the molecule is C=C/C=C/CC(C)C(O)C1C(=O)CCC1C.C=C/C=C\CC(C)C(O)C1C(=O)CCC1C. The molecule has 8 atom stereocenters. The van der Waals surface area contributed by atoms with Gasteiger partial charge in [0, 0.05) is 24.7 Å². The molecule has 4 nitrogen and oxygen atoms in total. The summed E-state index contributed by atoms with van der Waals surface area (Å²) in [6.07, 6.45) is 14.9. The Morgan fingerprint density at radius 2 is 1.16 bits per heavy atom. The van der Waals surface area contributed by atoms with E-state index in [1.807, 2.05) is 38.2 Å². The van der Waals surface area contributed by atoms with Crippen molar-refractivity contribution < 1.29 is 19.8 Å². The molecule has 2 aliphatic rings. The molecule has 2 rings (SSSR count). The summed E-state index contributed by atoms with van der Waals surface area (Å²) in [6, 6.07) is 0. The molecule has 32 heavy (non-hydrogen) atoms. The van der Waals surface area contributed by atoms with Crippen molar-refractivity contribution in [1.82, 2.24) is 0 Å². The van der Waals surface area contributed by atoms with Gasteiger partial charge in [-0.2, -0.15) is 0 Å². The van der Waals surface area contributed by atoms with Crippen LogP contribution in [-0.4, -0.2) is 34.0 Å². The highest BCUT2D eigenvalue weighted by Gasteiger charge is 2.39. The van der Waals surface area contributed by atoms with E-state index >= 15 is 0 Å². The second kappa shape index (κ2) is 14.4. The minimum atomic E-state index is -0.500. The molecule has 0 aromatic carbocycles. The standard InChI is InChI=1S/2C14H22O2/c2*1-4-5-6-7-11(3)14(16)13-10(2)8-9-12(13)15/h2*4-6,10-11,13-14,16H,1,7-9H2,2-3H3/b6-5+;6-5-. The Kier molecular flexibility index (Phi) is 12.7. The second-order valence-electron chi connectivity index (χ2n) is 9.75. The number of aliphatic hydroxyl groups is 2. The molecule has 0 radical (unpaired) electrons. The number of aliphatic hydroxyl groups excluding tert-OH is 2. The number of hydrogen-bond acceptors (Lipinski definition) is 4. The zero-order valence-electron chi connectivity index (χ0n) is 20.5. The molecular formula is C28H44O4. The Balaban J connectivity index is 0.000000320. The predicted octanol–water partition coefficient (Wildman–Crippen LogP) is 5.46.